The molecule has 0 atom stereocenters. The fraction of sp³-hybridized carbons (Fsp3) is 0.188. The van der Waals surface area contributed by atoms with Crippen molar-refractivity contribution in [1.82, 2.24) is 0 Å². The molecule has 0 aliphatic rings. The number of benzene rings is 2. The Balaban J connectivity index is 2.14. The zero-order valence-electron chi connectivity index (χ0n) is 11.8. The zero-order valence-corrected chi connectivity index (χ0v) is 13.9. The highest BCUT2D eigenvalue weighted by molar-refractivity contribution is 14.1. The number of aryl methyl sites for hydroxylation is 1. The number of rotatable bonds is 4. The molecular weight excluding hydrogens is 383 g/mol. The minimum atomic E-state index is -0.742. The van der Waals surface area contributed by atoms with Gasteiger partial charge in [0.05, 0.1) is 7.11 Å². The summed E-state index contributed by atoms with van der Waals surface area (Å²) in [6.07, 6.45) is -0.742. The van der Waals surface area contributed by atoms with E-state index in [2.05, 4.69) is 27.3 Å². The average Bonchev–Trinajstić information content (AvgIpc) is 2.48. The summed E-state index contributed by atoms with van der Waals surface area (Å²) in [5, 5.41) is 0. The van der Waals surface area contributed by atoms with Crippen LogP contribution in [0.2, 0.25) is 0 Å². The van der Waals surface area contributed by atoms with Crippen LogP contribution in [0.3, 0.4) is 0 Å². The summed E-state index contributed by atoms with van der Waals surface area (Å²) in [6.45, 7) is 2.33. The minimum absolute atomic E-state index is 0.314. The van der Waals surface area contributed by atoms with Gasteiger partial charge < -0.3 is 14.2 Å². The second kappa shape index (κ2) is 7.31. The van der Waals surface area contributed by atoms with Gasteiger partial charge in [0.25, 0.3) is 0 Å². The number of hydrogen-bond acceptors (Lipinski definition) is 4. The molecule has 0 amide bonds. The molecule has 0 spiro atoms. The first-order valence-electron chi connectivity index (χ1n) is 6.33. The molecule has 0 bridgehead atoms. The summed E-state index contributed by atoms with van der Waals surface area (Å²) in [7, 11) is 1.28. The van der Waals surface area contributed by atoms with Gasteiger partial charge in [-0.2, -0.15) is 0 Å². The van der Waals surface area contributed by atoms with Crippen molar-refractivity contribution in [2.75, 3.05) is 7.11 Å². The maximum atomic E-state index is 11.3. The lowest BCUT2D eigenvalue weighted by Crippen LogP contribution is -2.10. The van der Waals surface area contributed by atoms with Crippen LogP contribution in [-0.4, -0.2) is 13.3 Å². The van der Waals surface area contributed by atoms with Gasteiger partial charge >= 0.3 is 6.16 Å². The summed E-state index contributed by atoms with van der Waals surface area (Å²) in [4.78, 5) is 11.3. The molecule has 0 fully saturated rings. The zero-order chi connectivity index (χ0) is 15.2. The van der Waals surface area contributed by atoms with Crippen LogP contribution < -0.4 is 9.47 Å². The highest BCUT2D eigenvalue weighted by Crippen LogP contribution is 2.26. The Kier molecular flexibility index (Phi) is 5.44. The molecular formula is C16H15IO4. The van der Waals surface area contributed by atoms with E-state index in [1.807, 2.05) is 43.3 Å². The lowest BCUT2D eigenvalue weighted by atomic mass is 10.2. The smallest absolute Gasteiger partial charge is 0.489 e. The normalized spacial score (nSPS) is 10.0. The highest BCUT2D eigenvalue weighted by atomic mass is 127. The van der Waals surface area contributed by atoms with E-state index in [0.29, 0.717) is 12.4 Å². The molecule has 2 aromatic carbocycles. The average molecular weight is 398 g/mol. The summed E-state index contributed by atoms with van der Waals surface area (Å²) in [5.74, 6) is 1.21. The fourth-order valence-corrected chi connectivity index (χ4v) is 2.33. The molecule has 2 aromatic rings. The van der Waals surface area contributed by atoms with Gasteiger partial charge in [0.15, 0.2) is 0 Å². The summed E-state index contributed by atoms with van der Waals surface area (Å²) in [5.41, 5.74) is 1.98. The first kappa shape index (κ1) is 15.6. The second-order valence-electron chi connectivity index (χ2n) is 4.37. The van der Waals surface area contributed by atoms with E-state index in [1.165, 1.54) is 12.7 Å². The number of carbonyl (C=O) groups excluding carboxylic acids is 1. The van der Waals surface area contributed by atoms with E-state index < -0.39 is 6.16 Å². The van der Waals surface area contributed by atoms with Crippen LogP contribution in [-0.2, 0) is 11.3 Å². The van der Waals surface area contributed by atoms with Crippen molar-refractivity contribution >= 4 is 28.7 Å². The first-order chi connectivity index (χ1) is 10.1. The monoisotopic (exact) mass is 398 g/mol. The topological polar surface area (TPSA) is 44.8 Å². The van der Waals surface area contributed by atoms with Gasteiger partial charge in [0.1, 0.15) is 18.1 Å². The minimum Gasteiger partial charge on any atom is -0.489 e. The van der Waals surface area contributed by atoms with Crippen LogP contribution in [0.5, 0.6) is 11.5 Å². The SMILES string of the molecule is COC(=O)Oc1cccc(I)c1COc1ccc(C)cc1. The van der Waals surface area contributed by atoms with Crippen molar-refractivity contribution in [3.8, 4) is 11.5 Å². The summed E-state index contributed by atoms with van der Waals surface area (Å²) >= 11 is 2.18. The van der Waals surface area contributed by atoms with E-state index in [0.717, 1.165) is 14.9 Å². The molecule has 0 unspecified atom stereocenters. The molecule has 0 aromatic heterocycles. The van der Waals surface area contributed by atoms with Crippen LogP contribution in [0.15, 0.2) is 42.5 Å². The Morgan fingerprint density at radius 1 is 1.14 bits per heavy atom. The van der Waals surface area contributed by atoms with Gasteiger partial charge in [0, 0.05) is 9.13 Å². The molecule has 0 saturated heterocycles. The first-order valence-corrected chi connectivity index (χ1v) is 7.40. The van der Waals surface area contributed by atoms with Crippen LogP contribution >= 0.6 is 22.6 Å². The lowest BCUT2D eigenvalue weighted by molar-refractivity contribution is 0.120. The highest BCUT2D eigenvalue weighted by Gasteiger charge is 2.12. The lowest BCUT2D eigenvalue weighted by Gasteiger charge is -2.12. The third-order valence-corrected chi connectivity index (χ3v) is 3.85. The molecule has 0 aliphatic carbocycles. The Bertz CT molecular complexity index is 623. The van der Waals surface area contributed by atoms with E-state index in [4.69, 9.17) is 9.47 Å². The van der Waals surface area contributed by atoms with Crippen molar-refractivity contribution in [2.45, 2.75) is 13.5 Å². The number of methoxy groups -OCH3 is 1. The Morgan fingerprint density at radius 2 is 1.86 bits per heavy atom. The molecule has 0 N–H and O–H groups in total. The van der Waals surface area contributed by atoms with Crippen LogP contribution in [0, 0.1) is 10.5 Å². The third kappa shape index (κ3) is 4.35. The number of carbonyl (C=O) groups is 1. The molecule has 2 rings (SSSR count). The molecule has 21 heavy (non-hydrogen) atoms. The van der Waals surface area contributed by atoms with Crippen molar-refractivity contribution in [3.05, 3.63) is 57.2 Å². The molecule has 0 radical (unpaired) electrons. The fourth-order valence-electron chi connectivity index (χ4n) is 1.70. The largest absolute Gasteiger partial charge is 0.513 e. The van der Waals surface area contributed by atoms with Crippen LogP contribution in [0.4, 0.5) is 4.79 Å². The summed E-state index contributed by atoms with van der Waals surface area (Å²) in [6, 6.07) is 13.2. The molecule has 0 saturated carbocycles. The van der Waals surface area contributed by atoms with Crippen molar-refractivity contribution < 1.29 is 19.0 Å². The molecule has 0 aliphatic heterocycles. The molecule has 4 nitrogen and oxygen atoms in total. The van der Waals surface area contributed by atoms with Crippen molar-refractivity contribution in [1.29, 1.82) is 0 Å². The molecule has 110 valence electrons. The third-order valence-electron chi connectivity index (χ3n) is 2.84. The van der Waals surface area contributed by atoms with Gasteiger partial charge in [0.2, 0.25) is 0 Å². The predicted octanol–water partition coefficient (Wildman–Crippen LogP) is 4.32. The number of hydrogen-bond donors (Lipinski definition) is 0. The summed E-state index contributed by atoms with van der Waals surface area (Å²) < 4.78 is 16.4. The van der Waals surface area contributed by atoms with Crippen LogP contribution in [0.1, 0.15) is 11.1 Å². The standard InChI is InChI=1S/C16H15IO4/c1-11-6-8-12(9-7-11)20-10-13-14(17)4-3-5-15(13)21-16(18)19-2/h3-9H,10H2,1-2H3. The van der Waals surface area contributed by atoms with Crippen molar-refractivity contribution in [3.63, 3.8) is 0 Å². The van der Waals surface area contributed by atoms with Gasteiger partial charge in [-0.1, -0.05) is 23.8 Å². The Labute approximate surface area is 137 Å². The predicted molar refractivity (Wildman–Crippen MR) is 87.7 cm³/mol. The quantitative estimate of drug-likeness (QED) is 0.437. The van der Waals surface area contributed by atoms with E-state index >= 15 is 0 Å². The second-order valence-corrected chi connectivity index (χ2v) is 5.54. The molecule has 0 heterocycles. The van der Waals surface area contributed by atoms with Crippen molar-refractivity contribution in [2.24, 2.45) is 0 Å². The Hall–Kier alpha value is -1.76. The maximum Gasteiger partial charge on any atom is 0.513 e. The van der Waals surface area contributed by atoms with E-state index in [9.17, 15) is 4.79 Å². The van der Waals surface area contributed by atoms with E-state index in [1.54, 1.807) is 6.07 Å². The number of ether oxygens (including phenoxy) is 3. The van der Waals surface area contributed by atoms with Crippen LogP contribution in [0.25, 0.3) is 0 Å². The number of halogens is 1. The van der Waals surface area contributed by atoms with Gasteiger partial charge in [-0.25, -0.2) is 4.79 Å². The van der Waals surface area contributed by atoms with Gasteiger partial charge in [-0.3, -0.25) is 0 Å². The maximum absolute atomic E-state index is 11.3. The van der Waals surface area contributed by atoms with Gasteiger partial charge in [-0.05, 0) is 53.8 Å². The van der Waals surface area contributed by atoms with Gasteiger partial charge in [-0.15, -0.1) is 0 Å². The van der Waals surface area contributed by atoms with E-state index in [-0.39, 0.29) is 0 Å². The Morgan fingerprint density at radius 3 is 2.52 bits per heavy atom. The molecule has 5 heteroatoms.